The molecule has 5 nitrogen and oxygen atoms in total. The molecule has 0 saturated carbocycles. The number of sulfonamides is 1. The molecule has 2 aromatic rings. The van der Waals surface area contributed by atoms with Gasteiger partial charge in [-0.1, -0.05) is 37.1 Å². The molecule has 176 valence electrons. The number of benzene rings is 2. The summed E-state index contributed by atoms with van der Waals surface area (Å²) in [5.41, 5.74) is 1.35. The van der Waals surface area contributed by atoms with Crippen LogP contribution in [-0.4, -0.2) is 46.1 Å². The quantitative estimate of drug-likeness (QED) is 0.429. The zero-order valence-corrected chi connectivity index (χ0v) is 20.5. The van der Waals surface area contributed by atoms with Gasteiger partial charge in [0, 0.05) is 11.6 Å². The summed E-state index contributed by atoms with van der Waals surface area (Å²) in [4.78, 5) is 2.72. The van der Waals surface area contributed by atoms with Gasteiger partial charge in [-0.15, -0.1) is 0 Å². The third-order valence-corrected chi connectivity index (χ3v) is 7.72. The van der Waals surface area contributed by atoms with Crippen molar-refractivity contribution in [1.29, 1.82) is 0 Å². The van der Waals surface area contributed by atoms with Crippen LogP contribution in [0.2, 0.25) is 5.02 Å². The Kier molecular flexibility index (Phi) is 9.85. The number of nitrogens with zero attached hydrogens (tertiary/aromatic N) is 1. The first-order valence-corrected chi connectivity index (χ1v) is 13.5. The van der Waals surface area contributed by atoms with Crippen molar-refractivity contribution in [1.82, 2.24) is 9.62 Å². The number of ether oxygens (including phenoxy) is 1. The molecule has 0 aromatic heterocycles. The van der Waals surface area contributed by atoms with Crippen molar-refractivity contribution in [3.05, 3.63) is 59.1 Å². The van der Waals surface area contributed by atoms with E-state index in [1.807, 2.05) is 12.1 Å². The number of unbranched alkanes of at least 4 members (excludes halogenated alkanes) is 1. The third-order valence-electron chi connectivity index (χ3n) is 5.99. The van der Waals surface area contributed by atoms with Crippen molar-refractivity contribution in [2.24, 2.45) is 5.92 Å². The molecule has 1 aliphatic heterocycles. The Morgan fingerprint density at radius 3 is 2.38 bits per heavy atom. The lowest BCUT2D eigenvalue weighted by Gasteiger charge is -2.32. The van der Waals surface area contributed by atoms with E-state index in [-0.39, 0.29) is 4.90 Å². The average molecular weight is 479 g/mol. The van der Waals surface area contributed by atoms with E-state index in [2.05, 4.69) is 28.7 Å². The molecule has 0 radical (unpaired) electrons. The maximum absolute atomic E-state index is 12.5. The highest BCUT2D eigenvalue weighted by Crippen LogP contribution is 2.23. The van der Waals surface area contributed by atoms with Crippen molar-refractivity contribution in [3.63, 3.8) is 0 Å². The zero-order valence-electron chi connectivity index (χ0n) is 18.9. The second-order valence-corrected chi connectivity index (χ2v) is 10.7. The van der Waals surface area contributed by atoms with Gasteiger partial charge in [0.25, 0.3) is 0 Å². The van der Waals surface area contributed by atoms with Crippen molar-refractivity contribution in [2.75, 3.05) is 32.8 Å². The number of hydrogen-bond acceptors (Lipinski definition) is 4. The molecule has 0 aliphatic carbocycles. The number of halogens is 1. The van der Waals surface area contributed by atoms with Gasteiger partial charge in [0.2, 0.25) is 10.0 Å². The monoisotopic (exact) mass is 478 g/mol. The Bertz CT molecular complexity index is 909. The van der Waals surface area contributed by atoms with E-state index in [1.165, 1.54) is 18.4 Å². The summed E-state index contributed by atoms with van der Waals surface area (Å²) in [6, 6.07) is 14.8. The first kappa shape index (κ1) is 25.0. The molecule has 32 heavy (non-hydrogen) atoms. The molecule has 1 aliphatic rings. The Morgan fingerprint density at radius 2 is 1.72 bits per heavy atom. The smallest absolute Gasteiger partial charge is 0.240 e. The number of likely N-dealkylation sites (tertiary alicyclic amines) is 1. The Hall–Kier alpha value is -1.60. The number of rotatable bonds is 12. The zero-order chi connectivity index (χ0) is 22.8. The predicted octanol–water partition coefficient (Wildman–Crippen LogP) is 5.14. The van der Waals surface area contributed by atoms with Crippen LogP contribution < -0.4 is 9.46 Å². The van der Waals surface area contributed by atoms with Gasteiger partial charge in [-0.05, 0) is 99.6 Å². The molecule has 3 rings (SSSR count). The van der Waals surface area contributed by atoms with E-state index in [0.29, 0.717) is 24.8 Å². The largest absolute Gasteiger partial charge is 0.494 e. The van der Waals surface area contributed by atoms with E-state index in [4.69, 9.17) is 16.3 Å². The van der Waals surface area contributed by atoms with Crippen molar-refractivity contribution in [2.45, 2.75) is 50.3 Å². The second kappa shape index (κ2) is 12.6. The number of hydrogen-bond donors (Lipinski definition) is 1. The lowest BCUT2D eigenvalue weighted by molar-refractivity contribution is 0.183. The lowest BCUT2D eigenvalue weighted by atomic mass is 9.90. The summed E-state index contributed by atoms with van der Waals surface area (Å²) in [5.74, 6) is 1.41. The van der Waals surface area contributed by atoms with Crippen LogP contribution in [0.5, 0.6) is 5.75 Å². The SMILES string of the molecule is CCCCOc1ccc(S(=O)(=O)NCCCN2CCC(Cc3ccc(Cl)cc3)CC2)cc1. The van der Waals surface area contributed by atoms with Crippen LogP contribution in [0, 0.1) is 5.92 Å². The minimum absolute atomic E-state index is 0.281. The van der Waals surface area contributed by atoms with Gasteiger partial charge >= 0.3 is 0 Å². The van der Waals surface area contributed by atoms with Gasteiger partial charge < -0.3 is 9.64 Å². The first-order valence-electron chi connectivity index (χ1n) is 11.7. The standard InChI is InChI=1S/C25H35ClN2O3S/c1-2-3-19-31-24-9-11-25(12-10-24)32(29,30)27-15-4-16-28-17-13-22(14-18-28)20-21-5-7-23(26)8-6-21/h5-12,22,27H,2-4,13-20H2,1H3. The van der Waals surface area contributed by atoms with Crippen LogP contribution >= 0.6 is 11.6 Å². The summed E-state index contributed by atoms with van der Waals surface area (Å²) in [6.07, 6.45) is 6.33. The molecule has 0 amide bonds. The second-order valence-electron chi connectivity index (χ2n) is 8.54. The summed E-state index contributed by atoms with van der Waals surface area (Å²) in [6.45, 7) is 6.27. The highest BCUT2D eigenvalue weighted by molar-refractivity contribution is 7.89. The number of nitrogens with one attached hydrogen (secondary N) is 1. The molecule has 0 spiro atoms. The predicted molar refractivity (Wildman–Crippen MR) is 131 cm³/mol. The van der Waals surface area contributed by atoms with Crippen LogP contribution in [0.25, 0.3) is 0 Å². The van der Waals surface area contributed by atoms with E-state index in [0.717, 1.165) is 50.3 Å². The molecule has 0 bridgehead atoms. The maximum atomic E-state index is 12.5. The average Bonchev–Trinajstić information content (AvgIpc) is 2.80. The molecule has 1 N–H and O–H groups in total. The minimum atomic E-state index is -3.49. The van der Waals surface area contributed by atoms with E-state index >= 15 is 0 Å². The highest BCUT2D eigenvalue weighted by Gasteiger charge is 2.19. The lowest BCUT2D eigenvalue weighted by Crippen LogP contribution is -2.36. The Balaban J connectivity index is 1.34. The van der Waals surface area contributed by atoms with E-state index < -0.39 is 10.0 Å². The summed E-state index contributed by atoms with van der Waals surface area (Å²) < 4.78 is 33.4. The molecule has 7 heteroatoms. The molecule has 0 atom stereocenters. The number of piperidine rings is 1. The molecule has 1 saturated heterocycles. The van der Waals surface area contributed by atoms with Gasteiger partial charge in [-0.3, -0.25) is 0 Å². The van der Waals surface area contributed by atoms with Crippen LogP contribution in [0.4, 0.5) is 0 Å². The molecule has 0 unspecified atom stereocenters. The molecular formula is C25H35ClN2O3S. The van der Waals surface area contributed by atoms with E-state index in [9.17, 15) is 8.42 Å². The molecule has 1 fully saturated rings. The fourth-order valence-corrected chi connectivity index (χ4v) is 5.21. The van der Waals surface area contributed by atoms with Crippen LogP contribution in [-0.2, 0) is 16.4 Å². The molecule has 2 aromatic carbocycles. The van der Waals surface area contributed by atoms with Gasteiger partial charge in [-0.2, -0.15) is 0 Å². The van der Waals surface area contributed by atoms with Crippen LogP contribution in [0.1, 0.15) is 44.6 Å². The van der Waals surface area contributed by atoms with Crippen LogP contribution in [0.3, 0.4) is 0 Å². The Labute approximate surface area is 198 Å². The summed E-state index contributed by atoms with van der Waals surface area (Å²) >= 11 is 5.97. The molecule has 1 heterocycles. The Morgan fingerprint density at radius 1 is 1.03 bits per heavy atom. The van der Waals surface area contributed by atoms with Gasteiger partial charge in [0.15, 0.2) is 0 Å². The van der Waals surface area contributed by atoms with Crippen LogP contribution in [0.15, 0.2) is 53.4 Å². The topological polar surface area (TPSA) is 58.6 Å². The van der Waals surface area contributed by atoms with Gasteiger partial charge in [0.1, 0.15) is 5.75 Å². The normalized spacial score (nSPS) is 15.7. The fourth-order valence-electron chi connectivity index (χ4n) is 4.01. The minimum Gasteiger partial charge on any atom is -0.494 e. The molecular weight excluding hydrogens is 444 g/mol. The van der Waals surface area contributed by atoms with Crippen molar-refractivity contribution >= 4 is 21.6 Å². The maximum Gasteiger partial charge on any atom is 0.240 e. The fraction of sp³-hybridized carbons (Fsp3) is 0.520. The van der Waals surface area contributed by atoms with Gasteiger partial charge in [0.05, 0.1) is 11.5 Å². The summed E-state index contributed by atoms with van der Waals surface area (Å²) in [5, 5.41) is 0.785. The third kappa shape index (κ3) is 8.07. The van der Waals surface area contributed by atoms with Crippen molar-refractivity contribution < 1.29 is 13.2 Å². The highest BCUT2D eigenvalue weighted by atomic mass is 35.5. The van der Waals surface area contributed by atoms with Gasteiger partial charge in [-0.25, -0.2) is 13.1 Å². The van der Waals surface area contributed by atoms with Crippen molar-refractivity contribution in [3.8, 4) is 5.75 Å². The van der Waals surface area contributed by atoms with E-state index in [1.54, 1.807) is 24.3 Å². The first-order chi connectivity index (χ1) is 15.5. The summed E-state index contributed by atoms with van der Waals surface area (Å²) in [7, 11) is -3.49.